The van der Waals surface area contributed by atoms with Gasteiger partial charge in [0.1, 0.15) is 5.56 Å². The van der Waals surface area contributed by atoms with Crippen LogP contribution in [-0.2, 0) is 0 Å². The van der Waals surface area contributed by atoms with E-state index >= 15 is 0 Å². The van der Waals surface area contributed by atoms with Crippen LogP contribution in [0.3, 0.4) is 0 Å². The minimum atomic E-state index is -1.10. The molecule has 21 heavy (non-hydrogen) atoms. The average Bonchev–Trinajstić information content (AvgIpc) is 2.50. The van der Waals surface area contributed by atoms with Crippen LogP contribution < -0.4 is 5.56 Å². The van der Waals surface area contributed by atoms with Crippen molar-refractivity contribution in [1.82, 2.24) is 9.38 Å². The zero-order valence-electron chi connectivity index (χ0n) is 12.1. The Balaban J connectivity index is 0.000000774. The molecule has 108 valence electrons. The molecule has 5 heteroatoms. The van der Waals surface area contributed by atoms with E-state index in [1.165, 1.54) is 22.7 Å². The molecule has 2 aromatic heterocycles. The lowest BCUT2D eigenvalue weighted by Crippen LogP contribution is -2.17. The Bertz CT molecular complexity index is 882. The summed E-state index contributed by atoms with van der Waals surface area (Å²) in [6.07, 6.45) is 1.53. The summed E-state index contributed by atoms with van der Waals surface area (Å²) in [5.41, 5.74) is 1.38. The molecule has 0 aliphatic carbocycles. The van der Waals surface area contributed by atoms with Gasteiger partial charge in [-0.05, 0) is 31.2 Å². The van der Waals surface area contributed by atoms with E-state index in [1.807, 2.05) is 26.8 Å². The van der Waals surface area contributed by atoms with E-state index in [0.717, 1.165) is 5.56 Å². The van der Waals surface area contributed by atoms with Crippen molar-refractivity contribution in [3.05, 3.63) is 58.0 Å². The normalized spacial score (nSPS) is 10.2. The second kappa shape index (κ2) is 5.75. The van der Waals surface area contributed by atoms with Crippen LogP contribution in [0.4, 0.5) is 0 Å². The first-order valence-corrected chi connectivity index (χ1v) is 6.73. The third-order valence-electron chi connectivity index (χ3n) is 3.03. The predicted octanol–water partition coefficient (Wildman–Crippen LogP) is 2.88. The number of carboxylic acid groups (broad SMARTS) is 1. The van der Waals surface area contributed by atoms with Gasteiger partial charge in [0.15, 0.2) is 5.65 Å². The second-order valence-electron chi connectivity index (χ2n) is 4.36. The van der Waals surface area contributed by atoms with Crippen LogP contribution in [0.5, 0.6) is 0 Å². The molecule has 0 unspecified atom stereocenters. The highest BCUT2D eigenvalue weighted by molar-refractivity contribution is 5.95. The zero-order chi connectivity index (χ0) is 15.6. The number of hydrogen-bond donors (Lipinski definition) is 1. The largest absolute Gasteiger partial charge is 0.478 e. The molecule has 0 saturated heterocycles. The van der Waals surface area contributed by atoms with Crippen molar-refractivity contribution in [2.45, 2.75) is 20.8 Å². The smallest absolute Gasteiger partial charge is 0.339 e. The molecule has 0 radical (unpaired) electrons. The highest BCUT2D eigenvalue weighted by Crippen LogP contribution is 2.14. The molecule has 0 aliphatic heterocycles. The molecule has 0 spiro atoms. The quantitative estimate of drug-likeness (QED) is 0.697. The predicted molar refractivity (Wildman–Crippen MR) is 82.0 cm³/mol. The number of nitrogens with zero attached hydrogens (tertiary/aromatic N) is 2. The van der Waals surface area contributed by atoms with Gasteiger partial charge in [0.05, 0.1) is 10.9 Å². The Hall–Kier alpha value is -2.69. The van der Waals surface area contributed by atoms with Crippen LogP contribution in [-0.4, -0.2) is 20.5 Å². The zero-order valence-corrected chi connectivity index (χ0v) is 12.1. The van der Waals surface area contributed by atoms with Gasteiger partial charge < -0.3 is 5.11 Å². The van der Waals surface area contributed by atoms with Crippen molar-refractivity contribution >= 4 is 22.5 Å². The maximum absolute atomic E-state index is 12.3. The number of aromatic carboxylic acids is 1. The van der Waals surface area contributed by atoms with Gasteiger partial charge in [0, 0.05) is 6.20 Å². The summed E-state index contributed by atoms with van der Waals surface area (Å²) in [5.74, 6) is -1.10. The minimum Gasteiger partial charge on any atom is -0.478 e. The molecule has 1 aromatic carbocycles. The summed E-state index contributed by atoms with van der Waals surface area (Å²) in [7, 11) is 0. The lowest BCUT2D eigenvalue weighted by molar-refractivity contribution is 0.0698. The highest BCUT2D eigenvalue weighted by atomic mass is 16.4. The molecule has 0 fully saturated rings. The fraction of sp³-hybridized carbons (Fsp3) is 0.188. The van der Waals surface area contributed by atoms with Gasteiger partial charge in [0.2, 0.25) is 0 Å². The lowest BCUT2D eigenvalue weighted by Gasteiger charge is -2.06. The van der Waals surface area contributed by atoms with E-state index in [1.54, 1.807) is 12.1 Å². The number of rotatable bonds is 1. The van der Waals surface area contributed by atoms with Crippen LogP contribution >= 0.6 is 0 Å². The number of benzene rings is 1. The van der Waals surface area contributed by atoms with Crippen molar-refractivity contribution in [2.75, 3.05) is 0 Å². The number of aromatic nitrogens is 2. The van der Waals surface area contributed by atoms with Crippen molar-refractivity contribution in [2.24, 2.45) is 0 Å². The van der Waals surface area contributed by atoms with Gasteiger partial charge in [0.25, 0.3) is 5.56 Å². The van der Waals surface area contributed by atoms with Crippen molar-refractivity contribution < 1.29 is 9.90 Å². The molecule has 0 saturated carbocycles. The summed E-state index contributed by atoms with van der Waals surface area (Å²) >= 11 is 0. The Morgan fingerprint density at radius 2 is 1.95 bits per heavy atom. The van der Waals surface area contributed by atoms with Crippen molar-refractivity contribution in [3.8, 4) is 0 Å². The Kier molecular flexibility index (Phi) is 4.03. The molecule has 5 nitrogen and oxygen atoms in total. The van der Waals surface area contributed by atoms with E-state index in [2.05, 4.69) is 4.98 Å². The molecule has 0 aliphatic rings. The minimum absolute atomic E-state index is 0.0158. The molecule has 0 amide bonds. The number of fused-ring (bicyclic) bond motifs is 2. The third kappa shape index (κ3) is 2.50. The lowest BCUT2D eigenvalue weighted by atomic mass is 10.1. The van der Waals surface area contributed by atoms with Crippen LogP contribution in [0.1, 0.15) is 29.8 Å². The van der Waals surface area contributed by atoms with Gasteiger partial charge in [-0.25, -0.2) is 9.78 Å². The van der Waals surface area contributed by atoms with E-state index in [4.69, 9.17) is 5.11 Å². The third-order valence-corrected chi connectivity index (χ3v) is 3.03. The van der Waals surface area contributed by atoms with Gasteiger partial charge >= 0.3 is 5.97 Å². The Morgan fingerprint density at radius 1 is 1.24 bits per heavy atom. The van der Waals surface area contributed by atoms with Gasteiger partial charge in [-0.15, -0.1) is 0 Å². The number of carbonyl (C=O) groups is 1. The first-order valence-electron chi connectivity index (χ1n) is 6.73. The maximum Gasteiger partial charge on any atom is 0.339 e. The Morgan fingerprint density at radius 3 is 2.62 bits per heavy atom. The van der Waals surface area contributed by atoms with Gasteiger partial charge in [-0.2, -0.15) is 0 Å². The van der Waals surface area contributed by atoms with E-state index in [-0.39, 0.29) is 16.8 Å². The van der Waals surface area contributed by atoms with Crippen molar-refractivity contribution in [3.63, 3.8) is 0 Å². The highest BCUT2D eigenvalue weighted by Gasteiger charge is 2.12. The molecule has 0 bridgehead atoms. The molecular weight excluding hydrogens is 268 g/mol. The van der Waals surface area contributed by atoms with Crippen LogP contribution in [0.25, 0.3) is 16.6 Å². The number of pyridine rings is 1. The van der Waals surface area contributed by atoms with Crippen LogP contribution in [0, 0.1) is 6.92 Å². The topological polar surface area (TPSA) is 71.7 Å². The Labute approximate surface area is 121 Å². The summed E-state index contributed by atoms with van der Waals surface area (Å²) in [5, 5.41) is 9.62. The molecule has 0 atom stereocenters. The fourth-order valence-electron chi connectivity index (χ4n) is 2.11. The van der Waals surface area contributed by atoms with E-state index in [0.29, 0.717) is 10.9 Å². The first kappa shape index (κ1) is 14.7. The summed E-state index contributed by atoms with van der Waals surface area (Å²) in [6, 6.07) is 8.29. The molecule has 1 N–H and O–H groups in total. The first-order chi connectivity index (χ1) is 10.1. The number of hydrogen-bond acceptors (Lipinski definition) is 3. The summed E-state index contributed by atoms with van der Waals surface area (Å²) in [4.78, 5) is 27.8. The molecule has 3 aromatic rings. The summed E-state index contributed by atoms with van der Waals surface area (Å²) < 4.78 is 1.27. The maximum atomic E-state index is 12.3. The molecule has 2 heterocycles. The second-order valence-corrected chi connectivity index (χ2v) is 4.36. The molecule has 3 rings (SSSR count). The van der Waals surface area contributed by atoms with Gasteiger partial charge in [-0.1, -0.05) is 25.5 Å². The van der Waals surface area contributed by atoms with Crippen molar-refractivity contribution in [1.29, 1.82) is 0 Å². The van der Waals surface area contributed by atoms with Crippen LogP contribution in [0.15, 0.2) is 41.3 Å². The average molecular weight is 284 g/mol. The van der Waals surface area contributed by atoms with Gasteiger partial charge in [-0.3, -0.25) is 9.20 Å². The monoisotopic (exact) mass is 284 g/mol. The molecular formula is C16H16N2O3. The fourth-order valence-corrected chi connectivity index (χ4v) is 2.11. The SMILES string of the molecule is CC.Cc1ccc2nc3c(C(=O)O)cccn3c(=O)c2c1. The number of aryl methyl sites for hydroxylation is 1. The van der Waals surface area contributed by atoms with Crippen LogP contribution in [0.2, 0.25) is 0 Å². The standard InChI is InChI=1S/C14H10N2O3.C2H6/c1-8-4-5-11-10(7-8)13(17)16-6-2-3-9(14(18)19)12(16)15-11;1-2/h2-7H,1H3,(H,18,19);1-2H3. The summed E-state index contributed by atoms with van der Waals surface area (Å²) in [6.45, 7) is 5.89. The number of carboxylic acids is 1. The van der Waals surface area contributed by atoms with E-state index < -0.39 is 5.97 Å². The van der Waals surface area contributed by atoms with E-state index in [9.17, 15) is 9.59 Å².